The number of nitrogens with one attached hydrogen (secondary N) is 1. The van der Waals surface area contributed by atoms with Crippen LogP contribution in [0.2, 0.25) is 0 Å². The van der Waals surface area contributed by atoms with Gasteiger partial charge >= 0.3 is 0 Å². The number of hydrogen-bond acceptors (Lipinski definition) is 4. The second-order valence-electron chi connectivity index (χ2n) is 3.37. The van der Waals surface area contributed by atoms with Gasteiger partial charge in [-0.1, -0.05) is 0 Å². The maximum Gasteiger partial charge on any atom is 0.217 e. The van der Waals surface area contributed by atoms with Crippen molar-refractivity contribution < 1.29 is 19.7 Å². The third-order valence-corrected chi connectivity index (χ3v) is 2.04. The van der Waals surface area contributed by atoms with Crippen molar-refractivity contribution in [2.24, 2.45) is 0 Å². The van der Waals surface area contributed by atoms with Crippen LogP contribution in [-0.2, 0) is 9.53 Å². The molecule has 0 spiro atoms. The van der Waals surface area contributed by atoms with E-state index in [-0.39, 0.29) is 12.0 Å². The summed E-state index contributed by atoms with van der Waals surface area (Å²) < 4.78 is 5.05. The van der Waals surface area contributed by atoms with E-state index in [4.69, 9.17) is 4.74 Å². The van der Waals surface area contributed by atoms with Gasteiger partial charge in [-0.15, -0.1) is 0 Å². The van der Waals surface area contributed by atoms with E-state index in [1.807, 2.05) is 0 Å². The standard InChI is InChI=1S/C8H15NO4/c1-4-3-6(11)7(8(12)13-4)9-5(2)10/h4,6-8,11-12H,3H2,1-2H3,(H,9,10)/t4-,6+,7-,8+/m1/s1. The number of ether oxygens (including phenoxy) is 1. The largest absolute Gasteiger partial charge is 0.391 e. The van der Waals surface area contributed by atoms with Gasteiger partial charge < -0.3 is 20.3 Å². The summed E-state index contributed by atoms with van der Waals surface area (Å²) in [5.41, 5.74) is 0. The third-order valence-electron chi connectivity index (χ3n) is 2.04. The number of rotatable bonds is 1. The van der Waals surface area contributed by atoms with Crippen LogP contribution < -0.4 is 5.32 Å². The molecule has 0 aliphatic carbocycles. The maximum atomic E-state index is 10.7. The zero-order chi connectivity index (χ0) is 10.0. The first-order valence-corrected chi connectivity index (χ1v) is 4.29. The topological polar surface area (TPSA) is 78.8 Å². The molecule has 0 unspecified atom stereocenters. The van der Waals surface area contributed by atoms with E-state index in [0.29, 0.717) is 6.42 Å². The Morgan fingerprint density at radius 1 is 1.54 bits per heavy atom. The van der Waals surface area contributed by atoms with Crippen molar-refractivity contribution in [3.8, 4) is 0 Å². The van der Waals surface area contributed by atoms with Gasteiger partial charge in [0.25, 0.3) is 0 Å². The highest BCUT2D eigenvalue weighted by Gasteiger charge is 2.35. The SMILES string of the molecule is CC(=O)N[C@@H]1[C@@H](O)C[C@@H](C)O[C@@H]1O. The second-order valence-corrected chi connectivity index (χ2v) is 3.37. The summed E-state index contributed by atoms with van der Waals surface area (Å²) in [6.45, 7) is 3.09. The minimum atomic E-state index is -1.12. The molecule has 4 atom stereocenters. The van der Waals surface area contributed by atoms with Crippen LogP contribution in [0.15, 0.2) is 0 Å². The Kier molecular flexibility index (Phi) is 3.24. The van der Waals surface area contributed by atoms with Gasteiger partial charge in [0.05, 0.1) is 12.2 Å². The van der Waals surface area contributed by atoms with Crippen LogP contribution in [0.3, 0.4) is 0 Å². The Balaban J connectivity index is 2.56. The first-order chi connectivity index (χ1) is 6.00. The lowest BCUT2D eigenvalue weighted by Gasteiger charge is -2.35. The molecule has 3 N–H and O–H groups in total. The molecule has 5 nitrogen and oxygen atoms in total. The molecule has 1 heterocycles. The highest BCUT2D eigenvalue weighted by Crippen LogP contribution is 2.18. The van der Waals surface area contributed by atoms with E-state index in [1.54, 1.807) is 6.92 Å². The van der Waals surface area contributed by atoms with Crippen LogP contribution in [0, 0.1) is 0 Å². The molecule has 1 rings (SSSR count). The number of aliphatic hydroxyl groups is 2. The van der Waals surface area contributed by atoms with Crippen molar-refractivity contribution in [2.75, 3.05) is 0 Å². The number of carbonyl (C=O) groups excluding carboxylic acids is 1. The fourth-order valence-electron chi connectivity index (χ4n) is 1.46. The van der Waals surface area contributed by atoms with Gasteiger partial charge in [0.15, 0.2) is 6.29 Å². The molecule has 0 aromatic heterocycles. The Morgan fingerprint density at radius 3 is 2.62 bits per heavy atom. The van der Waals surface area contributed by atoms with Gasteiger partial charge in [0.1, 0.15) is 6.04 Å². The minimum Gasteiger partial charge on any atom is -0.391 e. The van der Waals surface area contributed by atoms with Gasteiger partial charge in [0, 0.05) is 13.3 Å². The first kappa shape index (κ1) is 10.4. The van der Waals surface area contributed by atoms with Crippen LogP contribution >= 0.6 is 0 Å². The smallest absolute Gasteiger partial charge is 0.217 e. The lowest BCUT2D eigenvalue weighted by atomic mass is 10.0. The second kappa shape index (κ2) is 4.04. The lowest BCUT2D eigenvalue weighted by molar-refractivity contribution is -0.202. The van der Waals surface area contributed by atoms with Crippen molar-refractivity contribution in [1.29, 1.82) is 0 Å². The summed E-state index contributed by atoms with van der Waals surface area (Å²) in [5, 5.41) is 21.3. The van der Waals surface area contributed by atoms with Crippen LogP contribution in [0.5, 0.6) is 0 Å². The van der Waals surface area contributed by atoms with E-state index >= 15 is 0 Å². The van der Waals surface area contributed by atoms with E-state index in [1.165, 1.54) is 6.92 Å². The molecule has 0 aromatic rings. The quantitative estimate of drug-likeness (QED) is 0.493. The zero-order valence-corrected chi connectivity index (χ0v) is 7.73. The molecule has 1 saturated heterocycles. The Labute approximate surface area is 76.7 Å². The molecule has 76 valence electrons. The highest BCUT2D eigenvalue weighted by molar-refractivity contribution is 5.73. The minimum absolute atomic E-state index is 0.185. The van der Waals surface area contributed by atoms with E-state index in [0.717, 1.165) is 0 Å². The molecule has 0 bridgehead atoms. The lowest BCUT2D eigenvalue weighted by Crippen LogP contribution is -2.56. The first-order valence-electron chi connectivity index (χ1n) is 4.29. The van der Waals surface area contributed by atoms with Gasteiger partial charge in [-0.3, -0.25) is 4.79 Å². The molecule has 0 radical (unpaired) electrons. The summed E-state index contributed by atoms with van der Waals surface area (Å²) in [4.78, 5) is 10.7. The molecule has 13 heavy (non-hydrogen) atoms. The summed E-state index contributed by atoms with van der Waals surface area (Å²) in [5.74, 6) is -0.291. The average Bonchev–Trinajstić information content (AvgIpc) is 1.96. The normalized spacial score (nSPS) is 40.0. The molecule has 1 aliphatic heterocycles. The third kappa shape index (κ3) is 2.65. The van der Waals surface area contributed by atoms with Gasteiger partial charge in [-0.05, 0) is 6.92 Å². The average molecular weight is 189 g/mol. The number of hydrogen-bond donors (Lipinski definition) is 3. The molecule has 1 fully saturated rings. The molecule has 0 aromatic carbocycles. The van der Waals surface area contributed by atoms with Crippen LogP contribution in [0.1, 0.15) is 20.3 Å². The van der Waals surface area contributed by atoms with Crippen molar-refractivity contribution in [2.45, 2.75) is 44.8 Å². The monoisotopic (exact) mass is 189 g/mol. The maximum absolute atomic E-state index is 10.7. The van der Waals surface area contributed by atoms with E-state index in [2.05, 4.69) is 5.32 Å². The summed E-state index contributed by atoms with van der Waals surface area (Å²) in [6.07, 6.45) is -1.64. The molecule has 1 amide bonds. The predicted octanol–water partition coefficient (Wildman–Crippen LogP) is -1.02. The molecular formula is C8H15NO4. The van der Waals surface area contributed by atoms with Crippen LogP contribution in [0.4, 0.5) is 0 Å². The van der Waals surface area contributed by atoms with Gasteiger partial charge in [-0.25, -0.2) is 0 Å². The molecular weight excluding hydrogens is 174 g/mol. The fraction of sp³-hybridized carbons (Fsp3) is 0.875. The Hall–Kier alpha value is -0.650. The number of amides is 1. The zero-order valence-electron chi connectivity index (χ0n) is 7.73. The van der Waals surface area contributed by atoms with E-state index < -0.39 is 18.4 Å². The van der Waals surface area contributed by atoms with Crippen molar-refractivity contribution in [3.63, 3.8) is 0 Å². The van der Waals surface area contributed by atoms with Crippen molar-refractivity contribution >= 4 is 5.91 Å². The molecule has 5 heteroatoms. The van der Waals surface area contributed by atoms with Crippen LogP contribution in [0.25, 0.3) is 0 Å². The number of aliphatic hydroxyl groups excluding tert-OH is 2. The van der Waals surface area contributed by atoms with Gasteiger partial charge in [0.2, 0.25) is 5.91 Å². The Morgan fingerprint density at radius 2 is 2.15 bits per heavy atom. The van der Waals surface area contributed by atoms with Gasteiger partial charge in [-0.2, -0.15) is 0 Å². The van der Waals surface area contributed by atoms with E-state index in [9.17, 15) is 15.0 Å². The number of carbonyl (C=O) groups is 1. The summed E-state index contributed by atoms with van der Waals surface area (Å²) >= 11 is 0. The van der Waals surface area contributed by atoms with Crippen LogP contribution in [-0.4, -0.2) is 40.7 Å². The molecule has 0 saturated carbocycles. The summed E-state index contributed by atoms with van der Waals surface area (Å²) in [6, 6.07) is -0.714. The Bertz CT molecular complexity index is 185. The van der Waals surface area contributed by atoms with Crippen molar-refractivity contribution in [1.82, 2.24) is 5.32 Å². The van der Waals surface area contributed by atoms with Crippen molar-refractivity contribution in [3.05, 3.63) is 0 Å². The highest BCUT2D eigenvalue weighted by atomic mass is 16.6. The fourth-order valence-corrected chi connectivity index (χ4v) is 1.46. The predicted molar refractivity (Wildman–Crippen MR) is 44.8 cm³/mol. The summed E-state index contributed by atoms with van der Waals surface area (Å²) in [7, 11) is 0. The molecule has 1 aliphatic rings.